The molecule has 1 aliphatic rings. The van der Waals surface area contributed by atoms with Gasteiger partial charge in [0, 0.05) is 37.8 Å². The molecule has 124 valence electrons. The minimum absolute atomic E-state index is 0.149. The van der Waals surface area contributed by atoms with E-state index in [9.17, 15) is 0 Å². The molecule has 0 radical (unpaired) electrons. The summed E-state index contributed by atoms with van der Waals surface area (Å²) in [6.45, 7) is 18.2. The molecule has 0 saturated carbocycles. The summed E-state index contributed by atoms with van der Waals surface area (Å²) in [7, 11) is 0. The lowest BCUT2D eigenvalue weighted by Gasteiger charge is -2.42. The Kier molecular flexibility index (Phi) is 5.00. The van der Waals surface area contributed by atoms with Gasteiger partial charge in [-0.2, -0.15) is 4.98 Å². The fraction of sp³-hybridized carbons (Fsp3) is 0.722. The summed E-state index contributed by atoms with van der Waals surface area (Å²) in [6.07, 6.45) is 0. The van der Waals surface area contributed by atoms with Gasteiger partial charge in [-0.25, -0.2) is 0 Å². The van der Waals surface area contributed by atoms with E-state index in [1.54, 1.807) is 0 Å². The average molecular weight is 305 g/mol. The normalized spacial score (nSPS) is 17.6. The fourth-order valence-corrected chi connectivity index (χ4v) is 2.56. The predicted molar refractivity (Wildman–Crippen MR) is 92.7 cm³/mol. The maximum atomic E-state index is 5.83. The van der Waals surface area contributed by atoms with Crippen LogP contribution in [0.1, 0.15) is 41.5 Å². The molecule has 0 aromatic carbocycles. The van der Waals surface area contributed by atoms with Gasteiger partial charge in [0.2, 0.25) is 5.88 Å². The Morgan fingerprint density at radius 2 is 1.64 bits per heavy atom. The molecule has 0 bridgehead atoms. The standard InChI is InChI=1S/C18H31N3O/c1-17(2,3)14-22-16-9-7-8-15(19-16)20-10-12-21(13-11-20)18(4,5)6/h7-9H,10-14H2,1-6H3. The highest BCUT2D eigenvalue weighted by Crippen LogP contribution is 2.22. The van der Waals surface area contributed by atoms with E-state index in [0.29, 0.717) is 6.61 Å². The number of pyridine rings is 1. The summed E-state index contributed by atoms with van der Waals surface area (Å²) in [4.78, 5) is 9.56. The number of aromatic nitrogens is 1. The molecule has 4 nitrogen and oxygen atoms in total. The molecule has 0 spiro atoms. The quantitative estimate of drug-likeness (QED) is 0.855. The minimum atomic E-state index is 0.149. The van der Waals surface area contributed by atoms with Crippen molar-refractivity contribution in [3.05, 3.63) is 18.2 Å². The van der Waals surface area contributed by atoms with Crippen LogP contribution < -0.4 is 9.64 Å². The average Bonchev–Trinajstić information content (AvgIpc) is 2.44. The highest BCUT2D eigenvalue weighted by atomic mass is 16.5. The lowest BCUT2D eigenvalue weighted by molar-refractivity contribution is 0.128. The summed E-state index contributed by atoms with van der Waals surface area (Å²) < 4.78 is 5.83. The molecule has 22 heavy (non-hydrogen) atoms. The van der Waals surface area contributed by atoms with Crippen LogP contribution in [0.4, 0.5) is 5.82 Å². The molecule has 1 aromatic rings. The Labute approximate surface area is 135 Å². The Morgan fingerprint density at radius 1 is 1.00 bits per heavy atom. The summed E-state index contributed by atoms with van der Waals surface area (Å²) in [5, 5.41) is 0. The molecule has 2 heterocycles. The van der Waals surface area contributed by atoms with Gasteiger partial charge >= 0.3 is 0 Å². The second-order valence-electron chi connectivity index (χ2n) is 8.33. The topological polar surface area (TPSA) is 28.6 Å². The van der Waals surface area contributed by atoms with Crippen LogP contribution in [0.25, 0.3) is 0 Å². The molecule has 0 atom stereocenters. The second kappa shape index (κ2) is 6.45. The van der Waals surface area contributed by atoms with Crippen molar-refractivity contribution in [3.8, 4) is 5.88 Å². The maximum absolute atomic E-state index is 5.83. The van der Waals surface area contributed by atoms with Crippen LogP contribution in [0.5, 0.6) is 5.88 Å². The van der Waals surface area contributed by atoms with Gasteiger partial charge in [-0.05, 0) is 32.3 Å². The third-order valence-electron chi connectivity index (χ3n) is 3.91. The van der Waals surface area contributed by atoms with Crippen molar-refractivity contribution < 1.29 is 4.74 Å². The van der Waals surface area contributed by atoms with Gasteiger partial charge in [0.1, 0.15) is 5.82 Å². The number of nitrogens with zero attached hydrogens (tertiary/aromatic N) is 3. The largest absolute Gasteiger partial charge is 0.477 e. The summed E-state index contributed by atoms with van der Waals surface area (Å²) in [6, 6.07) is 6.06. The smallest absolute Gasteiger partial charge is 0.215 e. The van der Waals surface area contributed by atoms with E-state index < -0.39 is 0 Å². The Morgan fingerprint density at radius 3 is 2.18 bits per heavy atom. The van der Waals surface area contributed by atoms with Crippen molar-refractivity contribution in [2.75, 3.05) is 37.7 Å². The fourth-order valence-electron chi connectivity index (χ4n) is 2.56. The maximum Gasteiger partial charge on any atom is 0.215 e. The van der Waals surface area contributed by atoms with E-state index >= 15 is 0 Å². The van der Waals surface area contributed by atoms with Crippen molar-refractivity contribution in [1.29, 1.82) is 0 Å². The van der Waals surface area contributed by atoms with E-state index in [4.69, 9.17) is 4.74 Å². The van der Waals surface area contributed by atoms with Crippen molar-refractivity contribution in [2.24, 2.45) is 5.41 Å². The summed E-state index contributed by atoms with van der Waals surface area (Å²) >= 11 is 0. The first-order chi connectivity index (χ1) is 10.1. The van der Waals surface area contributed by atoms with Gasteiger partial charge in [-0.1, -0.05) is 26.8 Å². The molecule has 4 heteroatoms. The number of hydrogen-bond acceptors (Lipinski definition) is 4. The van der Waals surface area contributed by atoms with E-state index in [0.717, 1.165) is 37.9 Å². The number of ether oxygens (including phenoxy) is 1. The monoisotopic (exact) mass is 305 g/mol. The minimum Gasteiger partial charge on any atom is -0.477 e. The summed E-state index contributed by atoms with van der Waals surface area (Å²) in [5.41, 5.74) is 0.396. The van der Waals surface area contributed by atoms with Crippen molar-refractivity contribution in [3.63, 3.8) is 0 Å². The first-order valence-corrected chi connectivity index (χ1v) is 8.25. The molecule has 0 unspecified atom stereocenters. The summed E-state index contributed by atoms with van der Waals surface area (Å²) in [5.74, 6) is 1.76. The molecule has 1 aromatic heterocycles. The third-order valence-corrected chi connectivity index (χ3v) is 3.91. The van der Waals surface area contributed by atoms with Crippen LogP contribution in [0.3, 0.4) is 0 Å². The number of piperazine rings is 1. The molecule has 0 aliphatic carbocycles. The number of anilines is 1. The van der Waals surface area contributed by atoms with Crippen LogP contribution in [-0.4, -0.2) is 48.2 Å². The molecule has 1 fully saturated rings. The molecule has 0 N–H and O–H groups in total. The van der Waals surface area contributed by atoms with Crippen LogP contribution in [0.2, 0.25) is 0 Å². The van der Waals surface area contributed by atoms with Gasteiger partial charge < -0.3 is 9.64 Å². The SMILES string of the molecule is CC(C)(C)COc1cccc(N2CCN(C(C)(C)C)CC2)n1. The number of hydrogen-bond donors (Lipinski definition) is 0. The highest BCUT2D eigenvalue weighted by molar-refractivity contribution is 5.41. The zero-order valence-electron chi connectivity index (χ0n) is 15.0. The zero-order chi connectivity index (χ0) is 16.4. The lowest BCUT2D eigenvalue weighted by atomic mass is 9.99. The Hall–Kier alpha value is -1.29. The molecular formula is C18H31N3O. The van der Waals surface area contributed by atoms with Crippen LogP contribution >= 0.6 is 0 Å². The third kappa shape index (κ3) is 4.87. The van der Waals surface area contributed by atoms with Crippen LogP contribution in [0.15, 0.2) is 18.2 Å². The van der Waals surface area contributed by atoms with Crippen molar-refractivity contribution in [2.45, 2.75) is 47.1 Å². The molecule has 1 aliphatic heterocycles. The van der Waals surface area contributed by atoms with Gasteiger partial charge in [-0.15, -0.1) is 0 Å². The van der Waals surface area contributed by atoms with E-state index in [2.05, 4.69) is 62.4 Å². The lowest BCUT2D eigenvalue weighted by Crippen LogP contribution is -2.53. The van der Waals surface area contributed by atoms with Crippen molar-refractivity contribution >= 4 is 5.82 Å². The van der Waals surface area contributed by atoms with Gasteiger partial charge in [0.05, 0.1) is 6.61 Å². The van der Waals surface area contributed by atoms with Crippen LogP contribution in [0, 0.1) is 5.41 Å². The first-order valence-electron chi connectivity index (χ1n) is 8.25. The van der Waals surface area contributed by atoms with E-state index in [-0.39, 0.29) is 11.0 Å². The van der Waals surface area contributed by atoms with Gasteiger partial charge in [0.25, 0.3) is 0 Å². The highest BCUT2D eigenvalue weighted by Gasteiger charge is 2.26. The predicted octanol–water partition coefficient (Wildman–Crippen LogP) is 3.43. The molecule has 1 saturated heterocycles. The van der Waals surface area contributed by atoms with Crippen LogP contribution in [-0.2, 0) is 0 Å². The zero-order valence-corrected chi connectivity index (χ0v) is 15.0. The first kappa shape index (κ1) is 17.1. The Bertz CT molecular complexity index is 480. The molecular weight excluding hydrogens is 274 g/mol. The molecule has 2 rings (SSSR count). The van der Waals surface area contributed by atoms with Gasteiger partial charge in [0.15, 0.2) is 0 Å². The second-order valence-corrected chi connectivity index (χ2v) is 8.33. The van der Waals surface area contributed by atoms with E-state index in [1.165, 1.54) is 0 Å². The molecule has 0 amide bonds. The Balaban J connectivity index is 1.96. The van der Waals surface area contributed by atoms with Crippen molar-refractivity contribution in [1.82, 2.24) is 9.88 Å². The number of rotatable bonds is 3. The van der Waals surface area contributed by atoms with Gasteiger partial charge in [-0.3, -0.25) is 4.90 Å². The van der Waals surface area contributed by atoms with E-state index in [1.807, 2.05) is 12.1 Å².